The number of carbonyl (C=O) groups is 1. The van der Waals surface area contributed by atoms with E-state index in [2.05, 4.69) is 0 Å². The van der Waals surface area contributed by atoms with Gasteiger partial charge >= 0.3 is 0 Å². The number of hydrogen-bond acceptors (Lipinski definition) is 4. The summed E-state index contributed by atoms with van der Waals surface area (Å²) in [6.45, 7) is 2.63. The number of sulfone groups is 1. The van der Waals surface area contributed by atoms with Gasteiger partial charge in [0.1, 0.15) is 5.75 Å². The van der Waals surface area contributed by atoms with Gasteiger partial charge in [0.2, 0.25) is 0 Å². The van der Waals surface area contributed by atoms with Gasteiger partial charge in [-0.1, -0.05) is 29.3 Å². The zero-order valence-corrected chi connectivity index (χ0v) is 17.7. The normalized spacial score (nSPS) is 18.0. The van der Waals surface area contributed by atoms with Crippen molar-refractivity contribution in [2.45, 2.75) is 25.9 Å². The van der Waals surface area contributed by atoms with Crippen LogP contribution in [0, 0.1) is 0 Å². The fraction of sp³-hybridized carbons (Fsp3) is 0.350. The molecule has 0 bridgehead atoms. The van der Waals surface area contributed by atoms with E-state index in [1.807, 2.05) is 6.92 Å². The summed E-state index contributed by atoms with van der Waals surface area (Å²) in [6, 6.07) is 11.5. The number of rotatable bonds is 6. The molecule has 0 aliphatic carbocycles. The van der Waals surface area contributed by atoms with Crippen molar-refractivity contribution in [3.8, 4) is 5.75 Å². The molecule has 1 aliphatic rings. The lowest BCUT2D eigenvalue weighted by Gasteiger charge is -2.29. The summed E-state index contributed by atoms with van der Waals surface area (Å²) >= 11 is 12.2. The highest BCUT2D eigenvalue weighted by Crippen LogP contribution is 2.27. The summed E-state index contributed by atoms with van der Waals surface area (Å²) in [4.78, 5) is 14.8. The average molecular weight is 442 g/mol. The molecule has 150 valence electrons. The van der Waals surface area contributed by atoms with Gasteiger partial charge in [0.15, 0.2) is 9.84 Å². The van der Waals surface area contributed by atoms with E-state index in [-0.39, 0.29) is 24.0 Å². The van der Waals surface area contributed by atoms with Crippen molar-refractivity contribution in [3.63, 3.8) is 0 Å². The standard InChI is InChI=1S/C20H21Cl2NO4S/c1-2-27-18-7-4-14(5-8-18)20(24)23(17-9-10-28(25,26)13-17)12-15-3-6-16(21)11-19(15)22/h3-8,11,17H,2,9-10,12-13H2,1H3/t17-/m1/s1. The summed E-state index contributed by atoms with van der Waals surface area (Å²) in [7, 11) is -3.15. The molecule has 0 saturated carbocycles. The maximum Gasteiger partial charge on any atom is 0.254 e. The molecule has 28 heavy (non-hydrogen) atoms. The van der Waals surface area contributed by atoms with Crippen LogP contribution in [-0.2, 0) is 16.4 Å². The second-order valence-electron chi connectivity index (χ2n) is 6.68. The Morgan fingerprint density at radius 2 is 1.89 bits per heavy atom. The number of benzene rings is 2. The van der Waals surface area contributed by atoms with E-state index < -0.39 is 15.9 Å². The highest BCUT2D eigenvalue weighted by Gasteiger charge is 2.35. The maximum absolute atomic E-state index is 13.2. The predicted molar refractivity (Wildman–Crippen MR) is 111 cm³/mol. The van der Waals surface area contributed by atoms with Crippen LogP contribution in [0.1, 0.15) is 29.3 Å². The first-order valence-electron chi connectivity index (χ1n) is 8.97. The Labute approximate surface area is 175 Å². The van der Waals surface area contributed by atoms with E-state index in [0.717, 1.165) is 5.56 Å². The van der Waals surface area contributed by atoms with E-state index in [9.17, 15) is 13.2 Å². The molecule has 0 N–H and O–H groups in total. The molecule has 0 radical (unpaired) electrons. The number of halogens is 2. The van der Waals surface area contributed by atoms with Gasteiger partial charge in [-0.2, -0.15) is 0 Å². The first-order chi connectivity index (χ1) is 13.3. The van der Waals surface area contributed by atoms with E-state index in [1.165, 1.54) is 0 Å². The number of nitrogens with zero attached hydrogens (tertiary/aromatic N) is 1. The Hall–Kier alpha value is -1.76. The Balaban J connectivity index is 1.90. The van der Waals surface area contributed by atoms with Gasteiger partial charge in [-0.15, -0.1) is 0 Å². The van der Waals surface area contributed by atoms with Crippen LogP contribution in [0.3, 0.4) is 0 Å². The van der Waals surface area contributed by atoms with Crippen molar-refractivity contribution in [1.82, 2.24) is 4.90 Å². The number of hydrogen-bond donors (Lipinski definition) is 0. The number of amides is 1. The molecule has 1 atom stereocenters. The second-order valence-corrected chi connectivity index (χ2v) is 9.76. The highest BCUT2D eigenvalue weighted by molar-refractivity contribution is 7.91. The zero-order valence-electron chi connectivity index (χ0n) is 15.4. The van der Waals surface area contributed by atoms with Gasteiger partial charge in [-0.25, -0.2) is 8.42 Å². The third-order valence-corrected chi connectivity index (χ3v) is 7.02. The van der Waals surface area contributed by atoms with E-state index >= 15 is 0 Å². The lowest BCUT2D eigenvalue weighted by atomic mass is 10.1. The predicted octanol–water partition coefficient (Wildman–Crippen LogP) is 4.22. The zero-order chi connectivity index (χ0) is 20.3. The summed E-state index contributed by atoms with van der Waals surface area (Å²) in [5, 5.41) is 0.944. The van der Waals surface area contributed by atoms with Gasteiger partial charge in [-0.05, 0) is 55.3 Å². The van der Waals surface area contributed by atoms with Crippen LogP contribution >= 0.6 is 23.2 Å². The summed E-state index contributed by atoms with van der Waals surface area (Å²) in [6.07, 6.45) is 0.413. The Morgan fingerprint density at radius 3 is 2.46 bits per heavy atom. The van der Waals surface area contributed by atoms with Crippen molar-refractivity contribution >= 4 is 38.9 Å². The number of ether oxygens (including phenoxy) is 1. The van der Waals surface area contributed by atoms with Crippen LogP contribution in [0.2, 0.25) is 10.0 Å². The monoisotopic (exact) mass is 441 g/mol. The number of carbonyl (C=O) groups excluding carboxylic acids is 1. The minimum Gasteiger partial charge on any atom is -0.494 e. The third-order valence-electron chi connectivity index (χ3n) is 4.68. The van der Waals surface area contributed by atoms with Crippen molar-refractivity contribution in [3.05, 3.63) is 63.6 Å². The molecule has 5 nitrogen and oxygen atoms in total. The van der Waals surface area contributed by atoms with E-state index in [4.69, 9.17) is 27.9 Å². The Bertz CT molecular complexity index is 961. The van der Waals surface area contributed by atoms with Gasteiger partial charge in [-0.3, -0.25) is 4.79 Å². The van der Waals surface area contributed by atoms with Crippen molar-refractivity contribution in [2.75, 3.05) is 18.1 Å². The lowest BCUT2D eigenvalue weighted by Crippen LogP contribution is -2.40. The van der Waals surface area contributed by atoms with E-state index in [1.54, 1.807) is 47.4 Å². The molecule has 0 unspecified atom stereocenters. The molecule has 8 heteroatoms. The second kappa shape index (κ2) is 8.72. The Kier molecular flexibility index (Phi) is 6.53. The fourth-order valence-electron chi connectivity index (χ4n) is 3.25. The molecule has 3 rings (SSSR count). The van der Waals surface area contributed by atoms with Gasteiger partial charge in [0, 0.05) is 28.2 Å². The smallest absolute Gasteiger partial charge is 0.254 e. The van der Waals surface area contributed by atoms with Crippen molar-refractivity contribution < 1.29 is 17.9 Å². The summed E-state index contributed by atoms with van der Waals surface area (Å²) in [5.74, 6) is 0.478. The molecule has 1 saturated heterocycles. The van der Waals surface area contributed by atoms with Crippen LogP contribution < -0.4 is 4.74 Å². The first-order valence-corrected chi connectivity index (χ1v) is 11.5. The van der Waals surface area contributed by atoms with E-state index in [0.29, 0.717) is 34.4 Å². The Morgan fingerprint density at radius 1 is 1.18 bits per heavy atom. The lowest BCUT2D eigenvalue weighted by molar-refractivity contribution is 0.0681. The van der Waals surface area contributed by atoms with Gasteiger partial charge in [0.05, 0.1) is 18.1 Å². The maximum atomic E-state index is 13.2. The third kappa shape index (κ3) is 4.99. The van der Waals surface area contributed by atoms with Crippen LogP contribution in [0.5, 0.6) is 5.75 Å². The summed E-state index contributed by atoms with van der Waals surface area (Å²) in [5.41, 5.74) is 1.19. The largest absolute Gasteiger partial charge is 0.494 e. The molecular formula is C20H21Cl2NO4S. The molecule has 0 spiro atoms. The fourth-order valence-corrected chi connectivity index (χ4v) is 5.45. The van der Waals surface area contributed by atoms with Crippen LogP contribution in [-0.4, -0.2) is 43.4 Å². The molecule has 1 heterocycles. The summed E-state index contributed by atoms with van der Waals surface area (Å²) < 4.78 is 29.4. The SMILES string of the molecule is CCOc1ccc(C(=O)N(Cc2ccc(Cl)cc2Cl)[C@@H]2CCS(=O)(=O)C2)cc1. The minimum absolute atomic E-state index is 0.0407. The van der Waals surface area contributed by atoms with Gasteiger partial charge < -0.3 is 9.64 Å². The van der Waals surface area contributed by atoms with Crippen LogP contribution in [0.15, 0.2) is 42.5 Å². The molecule has 1 aliphatic heterocycles. The highest BCUT2D eigenvalue weighted by atomic mass is 35.5. The molecular weight excluding hydrogens is 421 g/mol. The molecule has 2 aromatic carbocycles. The van der Waals surface area contributed by atoms with Crippen molar-refractivity contribution in [2.24, 2.45) is 0 Å². The van der Waals surface area contributed by atoms with Crippen LogP contribution in [0.4, 0.5) is 0 Å². The molecule has 1 amide bonds. The quantitative estimate of drug-likeness (QED) is 0.672. The van der Waals surface area contributed by atoms with Gasteiger partial charge in [0.25, 0.3) is 5.91 Å². The molecule has 0 aromatic heterocycles. The molecule has 2 aromatic rings. The van der Waals surface area contributed by atoms with Crippen molar-refractivity contribution in [1.29, 1.82) is 0 Å². The topological polar surface area (TPSA) is 63.7 Å². The molecule has 1 fully saturated rings. The first kappa shape index (κ1) is 21.0. The minimum atomic E-state index is -3.15. The van der Waals surface area contributed by atoms with Crippen LogP contribution in [0.25, 0.3) is 0 Å². The average Bonchev–Trinajstić information content (AvgIpc) is 3.01.